The topological polar surface area (TPSA) is 35.2 Å². The average Bonchev–Trinajstić information content (AvgIpc) is 2.38. The van der Waals surface area contributed by atoms with E-state index in [1.165, 1.54) is 0 Å². The lowest BCUT2D eigenvalue weighted by molar-refractivity contribution is 0.415. The van der Waals surface area contributed by atoms with Crippen molar-refractivity contribution < 1.29 is 4.74 Å². The summed E-state index contributed by atoms with van der Waals surface area (Å²) >= 11 is 12.2. The van der Waals surface area contributed by atoms with Gasteiger partial charge in [0.25, 0.3) is 0 Å². The average molecular weight is 282 g/mol. The van der Waals surface area contributed by atoms with Crippen molar-refractivity contribution in [3.05, 3.63) is 63.6 Å². The first-order valence-electron chi connectivity index (χ1n) is 5.47. The van der Waals surface area contributed by atoms with Gasteiger partial charge in [-0.15, -0.1) is 0 Å². The Kier molecular flexibility index (Phi) is 4.12. The minimum absolute atomic E-state index is 0.304. The summed E-state index contributed by atoms with van der Waals surface area (Å²) < 4.78 is 5.11. The Labute approximate surface area is 116 Å². The lowest BCUT2D eigenvalue weighted by Gasteiger charge is -2.15. The molecular formula is C14H13Cl2NO. The molecule has 1 atom stereocenters. The van der Waals surface area contributed by atoms with Crippen LogP contribution in [0.4, 0.5) is 0 Å². The van der Waals surface area contributed by atoms with Crippen molar-refractivity contribution in [1.29, 1.82) is 0 Å². The standard InChI is InChI=1S/C14H13Cl2NO/c1-18-13-7-6-9(8-12(13)16)14(17)10-4-2-3-5-11(10)15/h2-8,14H,17H2,1H3. The maximum atomic E-state index is 6.19. The summed E-state index contributed by atoms with van der Waals surface area (Å²) in [6.45, 7) is 0. The summed E-state index contributed by atoms with van der Waals surface area (Å²) in [6.07, 6.45) is 0. The number of benzene rings is 2. The second-order valence-corrected chi connectivity index (χ2v) is 4.71. The Hall–Kier alpha value is -1.22. The van der Waals surface area contributed by atoms with Crippen LogP contribution in [0.2, 0.25) is 10.0 Å². The first-order valence-corrected chi connectivity index (χ1v) is 6.22. The molecule has 0 saturated carbocycles. The summed E-state index contributed by atoms with van der Waals surface area (Å²) in [5, 5.41) is 1.19. The number of halogens is 2. The molecule has 0 heterocycles. The maximum Gasteiger partial charge on any atom is 0.137 e. The summed E-state index contributed by atoms with van der Waals surface area (Å²) in [7, 11) is 1.58. The van der Waals surface area contributed by atoms with E-state index in [0.717, 1.165) is 11.1 Å². The number of nitrogens with two attached hydrogens (primary N) is 1. The van der Waals surface area contributed by atoms with Gasteiger partial charge in [0, 0.05) is 5.02 Å². The predicted molar refractivity (Wildman–Crippen MR) is 75.5 cm³/mol. The number of hydrogen-bond donors (Lipinski definition) is 1. The SMILES string of the molecule is COc1ccc(C(N)c2ccccc2Cl)cc1Cl. The molecule has 1 unspecified atom stereocenters. The van der Waals surface area contributed by atoms with Crippen molar-refractivity contribution >= 4 is 23.2 Å². The number of rotatable bonds is 3. The minimum atomic E-state index is -0.304. The molecule has 94 valence electrons. The fourth-order valence-electron chi connectivity index (χ4n) is 1.78. The highest BCUT2D eigenvalue weighted by Crippen LogP contribution is 2.31. The van der Waals surface area contributed by atoms with Gasteiger partial charge in [-0.1, -0.05) is 47.5 Å². The van der Waals surface area contributed by atoms with E-state index in [1.807, 2.05) is 30.3 Å². The molecule has 0 spiro atoms. The van der Waals surface area contributed by atoms with E-state index < -0.39 is 0 Å². The summed E-state index contributed by atoms with van der Waals surface area (Å²) in [6, 6.07) is 12.7. The lowest BCUT2D eigenvalue weighted by Crippen LogP contribution is -2.12. The number of hydrogen-bond acceptors (Lipinski definition) is 2. The van der Waals surface area contributed by atoms with Crippen LogP contribution < -0.4 is 10.5 Å². The monoisotopic (exact) mass is 281 g/mol. The fourth-order valence-corrected chi connectivity index (χ4v) is 2.30. The molecule has 0 aromatic heterocycles. The summed E-state index contributed by atoms with van der Waals surface area (Å²) in [4.78, 5) is 0. The van der Waals surface area contributed by atoms with E-state index in [9.17, 15) is 0 Å². The van der Waals surface area contributed by atoms with Gasteiger partial charge in [-0.3, -0.25) is 0 Å². The third-order valence-electron chi connectivity index (χ3n) is 2.78. The lowest BCUT2D eigenvalue weighted by atomic mass is 9.99. The third-order valence-corrected chi connectivity index (χ3v) is 3.41. The van der Waals surface area contributed by atoms with Crippen LogP contribution in [0.1, 0.15) is 17.2 Å². The Balaban J connectivity index is 2.37. The van der Waals surface area contributed by atoms with E-state index in [2.05, 4.69) is 0 Å². The van der Waals surface area contributed by atoms with Crippen LogP contribution in [0.25, 0.3) is 0 Å². The molecule has 0 bridgehead atoms. The predicted octanol–water partition coefficient (Wildman–Crippen LogP) is 4.05. The Morgan fingerprint density at radius 3 is 2.39 bits per heavy atom. The van der Waals surface area contributed by atoms with Crippen LogP contribution in [0.5, 0.6) is 5.75 Å². The highest BCUT2D eigenvalue weighted by Gasteiger charge is 2.13. The van der Waals surface area contributed by atoms with Crippen molar-refractivity contribution in [1.82, 2.24) is 0 Å². The van der Waals surface area contributed by atoms with Crippen LogP contribution in [-0.2, 0) is 0 Å². The Bertz CT molecular complexity index is 557. The van der Waals surface area contributed by atoms with Gasteiger partial charge >= 0.3 is 0 Å². The van der Waals surface area contributed by atoms with Gasteiger partial charge in [0.1, 0.15) is 5.75 Å². The molecule has 18 heavy (non-hydrogen) atoms. The Morgan fingerprint density at radius 2 is 1.78 bits per heavy atom. The molecule has 2 N–H and O–H groups in total. The van der Waals surface area contributed by atoms with Crippen LogP contribution >= 0.6 is 23.2 Å². The zero-order valence-corrected chi connectivity index (χ0v) is 11.4. The van der Waals surface area contributed by atoms with Gasteiger partial charge in [0.2, 0.25) is 0 Å². The molecule has 2 aromatic rings. The normalized spacial score (nSPS) is 12.2. The molecule has 0 aliphatic carbocycles. The molecule has 0 fully saturated rings. The van der Waals surface area contributed by atoms with E-state index in [-0.39, 0.29) is 6.04 Å². The van der Waals surface area contributed by atoms with E-state index in [1.54, 1.807) is 19.2 Å². The van der Waals surface area contributed by atoms with Crippen LogP contribution in [0.15, 0.2) is 42.5 Å². The van der Waals surface area contributed by atoms with Crippen LogP contribution in [0, 0.1) is 0 Å². The highest BCUT2D eigenvalue weighted by molar-refractivity contribution is 6.32. The molecule has 2 aromatic carbocycles. The largest absolute Gasteiger partial charge is 0.495 e. The molecule has 0 radical (unpaired) electrons. The van der Waals surface area contributed by atoms with Gasteiger partial charge in [0.15, 0.2) is 0 Å². The molecule has 4 heteroatoms. The van der Waals surface area contributed by atoms with Crippen LogP contribution in [-0.4, -0.2) is 7.11 Å². The van der Waals surface area contributed by atoms with Gasteiger partial charge < -0.3 is 10.5 Å². The molecule has 0 amide bonds. The zero-order chi connectivity index (χ0) is 13.1. The van der Waals surface area contributed by atoms with Gasteiger partial charge in [-0.05, 0) is 29.3 Å². The number of ether oxygens (including phenoxy) is 1. The summed E-state index contributed by atoms with van der Waals surface area (Å²) in [5.41, 5.74) is 7.97. The molecule has 0 aliphatic heterocycles. The molecule has 0 aliphatic rings. The molecule has 0 saturated heterocycles. The van der Waals surface area contributed by atoms with Crippen molar-refractivity contribution in [2.45, 2.75) is 6.04 Å². The highest BCUT2D eigenvalue weighted by atomic mass is 35.5. The van der Waals surface area contributed by atoms with Crippen molar-refractivity contribution in [2.24, 2.45) is 5.73 Å². The maximum absolute atomic E-state index is 6.19. The van der Waals surface area contributed by atoms with Crippen molar-refractivity contribution in [3.8, 4) is 5.75 Å². The fraction of sp³-hybridized carbons (Fsp3) is 0.143. The Morgan fingerprint density at radius 1 is 1.06 bits per heavy atom. The van der Waals surface area contributed by atoms with Gasteiger partial charge in [-0.25, -0.2) is 0 Å². The van der Waals surface area contributed by atoms with Crippen molar-refractivity contribution in [3.63, 3.8) is 0 Å². The van der Waals surface area contributed by atoms with E-state index in [0.29, 0.717) is 15.8 Å². The first kappa shape index (κ1) is 13.2. The molecule has 2 nitrogen and oxygen atoms in total. The van der Waals surface area contributed by atoms with Crippen LogP contribution in [0.3, 0.4) is 0 Å². The molecule has 2 rings (SSSR count). The smallest absolute Gasteiger partial charge is 0.137 e. The van der Waals surface area contributed by atoms with E-state index in [4.69, 9.17) is 33.7 Å². The second kappa shape index (κ2) is 5.61. The zero-order valence-electron chi connectivity index (χ0n) is 9.86. The second-order valence-electron chi connectivity index (χ2n) is 3.89. The number of methoxy groups -OCH3 is 1. The summed E-state index contributed by atoms with van der Waals surface area (Å²) in [5.74, 6) is 0.631. The third kappa shape index (κ3) is 2.61. The van der Waals surface area contributed by atoms with E-state index >= 15 is 0 Å². The first-order chi connectivity index (χ1) is 8.63. The van der Waals surface area contributed by atoms with Gasteiger partial charge in [-0.2, -0.15) is 0 Å². The van der Waals surface area contributed by atoms with Gasteiger partial charge in [0.05, 0.1) is 18.2 Å². The minimum Gasteiger partial charge on any atom is -0.495 e. The van der Waals surface area contributed by atoms with Crippen molar-refractivity contribution in [2.75, 3.05) is 7.11 Å². The quantitative estimate of drug-likeness (QED) is 0.921. The molecular weight excluding hydrogens is 269 g/mol.